The van der Waals surface area contributed by atoms with E-state index < -0.39 is 0 Å². The van der Waals surface area contributed by atoms with E-state index in [2.05, 4.69) is 5.32 Å². The summed E-state index contributed by atoms with van der Waals surface area (Å²) in [5.41, 5.74) is 1.33. The Bertz CT molecular complexity index is 950. The van der Waals surface area contributed by atoms with Crippen LogP contribution in [0.1, 0.15) is 12.0 Å². The van der Waals surface area contributed by atoms with Crippen LogP contribution in [-0.2, 0) is 17.8 Å². The number of hydrogen-bond donors (Lipinski definition) is 1. The Morgan fingerprint density at radius 2 is 1.80 bits per heavy atom. The molecule has 128 valence electrons. The highest BCUT2D eigenvalue weighted by Crippen LogP contribution is 2.10. The summed E-state index contributed by atoms with van der Waals surface area (Å²) in [6.45, 7) is 0.617. The molecule has 0 atom stereocenters. The molecule has 1 aromatic heterocycles. The van der Waals surface area contributed by atoms with Crippen molar-refractivity contribution in [1.29, 1.82) is 0 Å². The van der Waals surface area contributed by atoms with Gasteiger partial charge >= 0.3 is 0 Å². The lowest BCUT2D eigenvalue weighted by molar-refractivity contribution is -0.121. The number of rotatable bonds is 6. The zero-order valence-electron chi connectivity index (χ0n) is 13.7. The molecule has 0 unspecified atom stereocenters. The first-order valence-corrected chi connectivity index (χ1v) is 8.23. The van der Waals surface area contributed by atoms with E-state index in [4.69, 9.17) is 0 Å². The number of aromatic nitrogens is 1. The van der Waals surface area contributed by atoms with Crippen molar-refractivity contribution in [2.45, 2.75) is 19.4 Å². The molecule has 5 heteroatoms. The Labute approximate surface area is 144 Å². The minimum atomic E-state index is -0.214. The molecule has 0 bridgehead atoms. The summed E-state index contributed by atoms with van der Waals surface area (Å²) in [5, 5.41) is 3.43. The molecular weight excluding hydrogens is 319 g/mol. The third kappa shape index (κ3) is 4.12. The summed E-state index contributed by atoms with van der Waals surface area (Å²) < 4.78 is 15.3. The lowest BCUT2D eigenvalue weighted by Gasteiger charge is -2.11. The zero-order valence-corrected chi connectivity index (χ0v) is 13.7. The van der Waals surface area contributed by atoms with E-state index in [0.717, 1.165) is 5.52 Å². The van der Waals surface area contributed by atoms with E-state index in [0.29, 0.717) is 30.3 Å². The van der Waals surface area contributed by atoms with Crippen LogP contribution < -0.4 is 10.7 Å². The second-order valence-electron chi connectivity index (χ2n) is 5.87. The predicted octanol–water partition coefficient (Wildman–Crippen LogP) is 2.89. The van der Waals surface area contributed by atoms with Gasteiger partial charge in [-0.15, -0.1) is 0 Å². The van der Waals surface area contributed by atoms with Gasteiger partial charge in [0.1, 0.15) is 12.4 Å². The predicted molar refractivity (Wildman–Crippen MR) is 95.9 cm³/mol. The maximum atomic E-state index is 13.5. The first kappa shape index (κ1) is 16.9. The third-order valence-corrected chi connectivity index (χ3v) is 4.10. The highest BCUT2D eigenvalue weighted by atomic mass is 19.1. The van der Waals surface area contributed by atoms with Crippen LogP contribution in [0.5, 0.6) is 0 Å². The second kappa shape index (κ2) is 7.75. The van der Waals surface area contributed by atoms with Crippen LogP contribution in [0.15, 0.2) is 65.6 Å². The molecule has 2 aromatic carbocycles. The van der Waals surface area contributed by atoms with Gasteiger partial charge in [0.2, 0.25) is 5.91 Å². The molecule has 1 heterocycles. The summed E-state index contributed by atoms with van der Waals surface area (Å²) in [6.07, 6.45) is 2.87. The molecule has 3 aromatic rings. The molecule has 1 N–H and O–H groups in total. The van der Waals surface area contributed by atoms with Crippen molar-refractivity contribution in [3.63, 3.8) is 0 Å². The van der Waals surface area contributed by atoms with Crippen molar-refractivity contribution in [2.75, 3.05) is 6.54 Å². The lowest BCUT2D eigenvalue weighted by atomic mass is 10.1. The largest absolute Gasteiger partial charge is 0.355 e. The summed E-state index contributed by atoms with van der Waals surface area (Å²) in [7, 11) is 0. The Morgan fingerprint density at radius 1 is 1.04 bits per heavy atom. The van der Waals surface area contributed by atoms with Crippen molar-refractivity contribution in [1.82, 2.24) is 9.88 Å². The van der Waals surface area contributed by atoms with Gasteiger partial charge in [-0.05, 0) is 36.6 Å². The molecule has 25 heavy (non-hydrogen) atoms. The number of carbonyl (C=O) groups is 1. The number of hydrogen-bond acceptors (Lipinski definition) is 2. The van der Waals surface area contributed by atoms with Gasteiger partial charge in [0, 0.05) is 24.2 Å². The van der Waals surface area contributed by atoms with Crippen LogP contribution in [0.3, 0.4) is 0 Å². The van der Waals surface area contributed by atoms with Crippen molar-refractivity contribution in [2.24, 2.45) is 0 Å². The molecular formula is C20H19FN2O2. The Balaban J connectivity index is 1.56. The summed E-state index contributed by atoms with van der Waals surface area (Å²) in [4.78, 5) is 24.0. The van der Waals surface area contributed by atoms with Crippen molar-refractivity contribution in [3.8, 4) is 0 Å². The third-order valence-electron chi connectivity index (χ3n) is 4.10. The van der Waals surface area contributed by atoms with Crippen LogP contribution in [0.4, 0.5) is 4.39 Å². The van der Waals surface area contributed by atoms with Gasteiger partial charge in [-0.2, -0.15) is 0 Å². The average molecular weight is 338 g/mol. The molecule has 0 aliphatic rings. The van der Waals surface area contributed by atoms with Gasteiger partial charge in [-0.1, -0.05) is 30.3 Å². The Morgan fingerprint density at radius 3 is 2.64 bits per heavy atom. The van der Waals surface area contributed by atoms with Gasteiger partial charge in [-0.25, -0.2) is 4.39 Å². The van der Waals surface area contributed by atoms with E-state index in [1.165, 1.54) is 12.1 Å². The van der Waals surface area contributed by atoms with Crippen LogP contribution in [0.2, 0.25) is 0 Å². The average Bonchev–Trinajstić information content (AvgIpc) is 2.63. The van der Waals surface area contributed by atoms with E-state index in [1.54, 1.807) is 41.1 Å². The molecule has 0 fully saturated rings. The fourth-order valence-electron chi connectivity index (χ4n) is 2.82. The van der Waals surface area contributed by atoms with Gasteiger partial charge in [0.05, 0.1) is 5.52 Å². The standard InChI is InChI=1S/C20H19FN2O2/c21-17-9-3-1-6-15(17)7-5-12-22-20(25)14-23-13-11-19(24)16-8-2-4-10-18(16)23/h1-4,6,8-11,13H,5,7,12,14H2,(H,22,25). The summed E-state index contributed by atoms with van der Waals surface area (Å²) in [5.74, 6) is -0.351. The van der Waals surface area contributed by atoms with Crippen LogP contribution in [0, 0.1) is 5.82 Å². The van der Waals surface area contributed by atoms with Crippen LogP contribution >= 0.6 is 0 Å². The van der Waals surface area contributed by atoms with E-state index >= 15 is 0 Å². The first-order chi connectivity index (χ1) is 12.1. The summed E-state index contributed by atoms with van der Waals surface area (Å²) >= 11 is 0. The SMILES string of the molecule is O=C(Cn1ccc(=O)c2ccccc21)NCCCc1ccccc1F. The van der Waals surface area contributed by atoms with E-state index in [1.807, 2.05) is 12.1 Å². The van der Waals surface area contributed by atoms with Crippen LogP contribution in [-0.4, -0.2) is 17.0 Å². The number of fused-ring (bicyclic) bond motifs is 1. The smallest absolute Gasteiger partial charge is 0.239 e. The minimum Gasteiger partial charge on any atom is -0.355 e. The van der Waals surface area contributed by atoms with Gasteiger partial charge in [0.15, 0.2) is 5.43 Å². The fourth-order valence-corrected chi connectivity index (χ4v) is 2.82. The topological polar surface area (TPSA) is 51.1 Å². The molecule has 1 amide bonds. The first-order valence-electron chi connectivity index (χ1n) is 8.23. The Hall–Kier alpha value is -2.95. The molecule has 0 saturated carbocycles. The number of amides is 1. The minimum absolute atomic E-state index is 0.0582. The normalized spacial score (nSPS) is 10.8. The highest BCUT2D eigenvalue weighted by Gasteiger charge is 2.07. The number of nitrogens with zero attached hydrogens (tertiary/aromatic N) is 1. The molecule has 0 saturated heterocycles. The van der Waals surface area contributed by atoms with Crippen molar-refractivity contribution < 1.29 is 9.18 Å². The number of nitrogens with one attached hydrogen (secondary N) is 1. The highest BCUT2D eigenvalue weighted by molar-refractivity contribution is 5.82. The van der Waals surface area contributed by atoms with Crippen LogP contribution in [0.25, 0.3) is 10.9 Å². The zero-order chi connectivity index (χ0) is 17.6. The fraction of sp³-hybridized carbons (Fsp3) is 0.200. The second-order valence-corrected chi connectivity index (χ2v) is 5.87. The van der Waals surface area contributed by atoms with Gasteiger partial charge in [0.25, 0.3) is 0 Å². The molecule has 0 spiro atoms. The maximum absolute atomic E-state index is 13.5. The van der Waals surface area contributed by atoms with Gasteiger partial charge in [-0.3, -0.25) is 9.59 Å². The number of aryl methyl sites for hydroxylation is 1. The number of carbonyl (C=O) groups excluding carboxylic acids is 1. The molecule has 4 nitrogen and oxygen atoms in total. The van der Waals surface area contributed by atoms with E-state index in [9.17, 15) is 14.0 Å². The Kier molecular flexibility index (Phi) is 5.23. The maximum Gasteiger partial charge on any atom is 0.239 e. The molecule has 3 rings (SSSR count). The van der Waals surface area contributed by atoms with E-state index in [-0.39, 0.29) is 23.7 Å². The van der Waals surface area contributed by atoms with Crippen molar-refractivity contribution in [3.05, 3.63) is 82.4 Å². The quantitative estimate of drug-likeness (QED) is 0.703. The number of halogens is 1. The number of pyridine rings is 1. The lowest BCUT2D eigenvalue weighted by Crippen LogP contribution is -2.29. The molecule has 0 radical (unpaired) electrons. The van der Waals surface area contributed by atoms with Gasteiger partial charge < -0.3 is 9.88 Å². The molecule has 0 aliphatic heterocycles. The van der Waals surface area contributed by atoms with Crippen molar-refractivity contribution >= 4 is 16.8 Å². The number of benzene rings is 2. The molecule has 0 aliphatic carbocycles. The summed E-state index contributed by atoms with van der Waals surface area (Å²) in [6, 6.07) is 15.3. The monoisotopic (exact) mass is 338 g/mol. The number of para-hydroxylation sites is 1.